The minimum atomic E-state index is 0. The highest BCUT2D eigenvalue weighted by Crippen LogP contribution is 2.21. The number of hydrogen-bond acceptors (Lipinski definition) is 20. The second-order valence-corrected chi connectivity index (χ2v) is 20.2. The summed E-state index contributed by atoms with van der Waals surface area (Å²) in [6.45, 7) is 43.7. The fourth-order valence-corrected chi connectivity index (χ4v) is 9.35. The van der Waals surface area contributed by atoms with Crippen LogP contribution in [0.25, 0.3) is 87.4 Å². The number of pyridine rings is 4. The molecule has 16 rings (SSSR count). The van der Waals surface area contributed by atoms with E-state index < -0.39 is 0 Å². The van der Waals surface area contributed by atoms with Crippen LogP contribution in [0.3, 0.4) is 0 Å². The lowest BCUT2D eigenvalue weighted by Crippen LogP contribution is -1.91. The maximum Gasteiger partial charge on any atom is 0.246 e. The molecule has 580 valence electrons. The van der Waals surface area contributed by atoms with E-state index in [4.69, 9.17) is 8.83 Å². The van der Waals surface area contributed by atoms with E-state index in [-0.39, 0.29) is 52.0 Å². The zero-order valence-electron chi connectivity index (χ0n) is 62.6. The lowest BCUT2D eigenvalue weighted by Gasteiger charge is -1.93. The van der Waals surface area contributed by atoms with Gasteiger partial charge >= 0.3 is 0 Å². The third-order valence-electron chi connectivity index (χ3n) is 11.6. The van der Waals surface area contributed by atoms with Gasteiger partial charge in [0.25, 0.3) is 0 Å². The number of aryl methyl sites for hydroxylation is 10. The van der Waals surface area contributed by atoms with Gasteiger partial charge in [0.1, 0.15) is 55.9 Å². The van der Waals surface area contributed by atoms with Crippen molar-refractivity contribution < 1.29 is 8.83 Å². The summed E-state index contributed by atoms with van der Waals surface area (Å²) < 4.78 is 15.8. The van der Waals surface area contributed by atoms with Crippen LogP contribution in [-0.4, -0.2) is 98.9 Å². The molecule has 0 fully saturated rings. The molecule has 0 saturated heterocycles. The van der Waals surface area contributed by atoms with Crippen LogP contribution in [0.2, 0.25) is 0 Å². The Morgan fingerprint density at radius 3 is 1.30 bits per heavy atom. The van der Waals surface area contributed by atoms with E-state index >= 15 is 0 Å². The summed E-state index contributed by atoms with van der Waals surface area (Å²) in [4.78, 5) is 53.6. The van der Waals surface area contributed by atoms with Crippen molar-refractivity contribution in [2.45, 2.75) is 204 Å². The monoisotopic (exact) mass is 1480 g/mol. The predicted octanol–water partition coefficient (Wildman–Crippen LogP) is 24.2. The smallest absolute Gasteiger partial charge is 0.246 e. The second kappa shape index (κ2) is 62.4. The van der Waals surface area contributed by atoms with Gasteiger partial charge in [-0.1, -0.05) is 211 Å². The van der Waals surface area contributed by atoms with Gasteiger partial charge in [-0.3, -0.25) is 0 Å². The van der Waals surface area contributed by atoms with Gasteiger partial charge in [-0.05, 0) is 113 Å². The second-order valence-electron chi connectivity index (χ2n) is 17.7. The standard InChI is InChI=1S/C9H10N2.C8H9N3.C8H7NO.C8H7NS.C7H6N2O.C7H6N2S.C6H6N4.C5H5N5.8C2H6.7CH4/c1-7-10-8-5-3-4-6-9(8)11(7)2;1-6-10-7-4-3-5-9-8(7)11(6)2;2*1-6-9-7-4-2-3-5-8(7)10-6;2*1-5-9-6-3-2-4-8-7(6)10-5;1-10-8-5-3-2-4-7-6(5)9-10;1-10-8-4-2-6-3-7-5(4)9-10;8*1-2;;;;;;;/h3-6H,1-2H3;3-5H,1-2H3;2*2-5H,1H3;3*2-4H,1H3;2-3H,1H3;8*1-2H3;7*1H4. The first-order valence-electron chi connectivity index (χ1n) is 33.5. The van der Waals surface area contributed by atoms with Crippen LogP contribution in [0.4, 0.5) is 0 Å². The molecule has 24 heteroatoms. The fourth-order valence-electron chi connectivity index (χ4n) is 7.77. The number of aromatic nitrogens is 20. The van der Waals surface area contributed by atoms with Crippen molar-refractivity contribution in [2.24, 2.45) is 28.2 Å². The van der Waals surface area contributed by atoms with Gasteiger partial charge in [-0.25, -0.2) is 59.8 Å². The summed E-state index contributed by atoms with van der Waals surface area (Å²) in [5, 5.41) is 18.2. The molecule has 0 unspecified atom stereocenters. The Morgan fingerprint density at radius 1 is 0.333 bits per heavy atom. The summed E-state index contributed by atoms with van der Waals surface area (Å²) in [6, 6.07) is 39.3. The molecular formula is C81H132N20O2S2. The zero-order valence-corrected chi connectivity index (χ0v) is 64.2. The van der Waals surface area contributed by atoms with Gasteiger partial charge in [0.05, 0.1) is 37.5 Å². The van der Waals surface area contributed by atoms with Crippen molar-refractivity contribution in [3.63, 3.8) is 0 Å². The number of rotatable bonds is 0. The first kappa shape index (κ1) is 108. The molecule has 0 atom stereocenters. The molecule has 13 heterocycles. The highest BCUT2D eigenvalue weighted by molar-refractivity contribution is 7.18. The number of para-hydroxylation sites is 5. The Morgan fingerprint density at radius 2 is 0.762 bits per heavy atom. The van der Waals surface area contributed by atoms with Crippen LogP contribution < -0.4 is 0 Å². The molecule has 0 amide bonds. The van der Waals surface area contributed by atoms with Crippen molar-refractivity contribution in [1.29, 1.82) is 0 Å². The highest BCUT2D eigenvalue weighted by Gasteiger charge is 2.05. The summed E-state index contributed by atoms with van der Waals surface area (Å²) in [7, 11) is 7.53. The first-order valence-corrected chi connectivity index (χ1v) is 35.1. The Kier molecular flexibility index (Phi) is 64.3. The molecule has 13 aromatic heterocycles. The lowest BCUT2D eigenvalue weighted by atomic mass is 10.3. The number of benzene rings is 3. The molecule has 0 radical (unpaired) electrons. The van der Waals surface area contributed by atoms with Crippen molar-refractivity contribution in [3.8, 4) is 0 Å². The largest absolute Gasteiger partial charge is 0.441 e. The molecule has 0 aliphatic rings. The Labute approximate surface area is 638 Å². The van der Waals surface area contributed by atoms with E-state index in [9.17, 15) is 0 Å². The molecule has 0 aliphatic heterocycles. The first-order chi connectivity index (χ1) is 47.7. The van der Waals surface area contributed by atoms with Crippen LogP contribution in [0.1, 0.15) is 196 Å². The van der Waals surface area contributed by atoms with Gasteiger partial charge in [0.15, 0.2) is 23.0 Å². The molecule has 22 nitrogen and oxygen atoms in total. The Bertz CT molecular complexity index is 3840. The number of thiazole rings is 2. The van der Waals surface area contributed by atoms with Crippen LogP contribution in [0.15, 0.2) is 167 Å². The third kappa shape index (κ3) is 35.2. The maximum absolute atomic E-state index is 5.26. The van der Waals surface area contributed by atoms with E-state index in [1.807, 2.05) is 280 Å². The molecule has 0 aliphatic carbocycles. The van der Waals surface area contributed by atoms with Gasteiger partial charge in [-0.15, -0.1) is 21.5 Å². The molecular weight excluding hydrogens is 1350 g/mol. The number of oxazole rings is 2. The Balaban J connectivity index is -0.000000201. The minimum absolute atomic E-state index is 0. The molecule has 3 aromatic carbocycles. The highest BCUT2D eigenvalue weighted by atomic mass is 32.1. The average molecular weight is 1480 g/mol. The van der Waals surface area contributed by atoms with Crippen molar-refractivity contribution in [1.82, 2.24) is 98.9 Å². The Hall–Kier alpha value is -10.2. The van der Waals surface area contributed by atoms with Gasteiger partial charge in [-0.2, -0.15) is 19.8 Å². The lowest BCUT2D eigenvalue weighted by molar-refractivity contribution is 0.551. The number of fused-ring (bicyclic) bond motifs is 8. The topological polar surface area (TPSA) is 252 Å². The summed E-state index contributed by atoms with van der Waals surface area (Å²) in [5.41, 5.74) is 12.4. The van der Waals surface area contributed by atoms with E-state index in [0.717, 1.165) is 87.7 Å². The molecule has 16 aromatic rings. The van der Waals surface area contributed by atoms with E-state index in [2.05, 4.69) is 96.9 Å². The molecule has 0 N–H and O–H groups in total. The minimum Gasteiger partial charge on any atom is -0.441 e. The quantitative estimate of drug-likeness (QED) is 0.137. The van der Waals surface area contributed by atoms with E-state index in [1.165, 1.54) is 26.1 Å². The van der Waals surface area contributed by atoms with E-state index in [0.29, 0.717) is 22.9 Å². The third-order valence-corrected chi connectivity index (χ3v) is 13.5. The van der Waals surface area contributed by atoms with Crippen LogP contribution in [0.5, 0.6) is 0 Å². The SMILES string of the molecule is C.C.C.C.C.C.C.CC.CC.CC.CC.CC.CC.CC.CC.Cc1nc2ccccc2n1C.Cc1nc2ccccc2o1.Cc1nc2ccccc2s1.Cc1nc2cccnc2n1C.Cc1nc2cccnc2o1.Cc1nc2cccnc2s1.Cn1nc2cccnc2n1.Cn1nc2cncnc2n1. The number of nitrogens with zero attached hydrogens (tertiary/aromatic N) is 20. The normalized spacial score (nSPS) is 8.70. The molecule has 0 spiro atoms. The predicted molar refractivity (Wildman–Crippen MR) is 459 cm³/mol. The maximum atomic E-state index is 5.26. The number of hydrogen-bond donors (Lipinski definition) is 0. The van der Waals surface area contributed by atoms with Gasteiger partial charge in [0.2, 0.25) is 17.0 Å². The van der Waals surface area contributed by atoms with Crippen LogP contribution in [-0.2, 0) is 28.2 Å². The van der Waals surface area contributed by atoms with Crippen LogP contribution in [0, 0.1) is 41.5 Å². The number of imidazole rings is 2. The summed E-state index contributed by atoms with van der Waals surface area (Å²) in [6.07, 6.45) is 10.1. The van der Waals surface area contributed by atoms with Gasteiger partial charge in [0, 0.05) is 66.8 Å². The van der Waals surface area contributed by atoms with Crippen molar-refractivity contribution in [2.75, 3.05) is 0 Å². The average Bonchev–Trinajstić information content (AvgIpc) is 1.68. The van der Waals surface area contributed by atoms with Crippen molar-refractivity contribution in [3.05, 3.63) is 192 Å². The fraction of sp³-hybridized carbons (Fsp3) is 0.407. The molecule has 0 bridgehead atoms. The van der Waals surface area contributed by atoms with E-state index in [1.54, 1.807) is 67.8 Å². The van der Waals surface area contributed by atoms with Crippen LogP contribution >= 0.6 is 22.7 Å². The molecule has 0 saturated carbocycles. The molecule has 105 heavy (non-hydrogen) atoms. The summed E-state index contributed by atoms with van der Waals surface area (Å²) in [5.74, 6) is 3.44. The van der Waals surface area contributed by atoms with Gasteiger partial charge < -0.3 is 18.0 Å². The van der Waals surface area contributed by atoms with Crippen molar-refractivity contribution >= 4 is 110 Å². The summed E-state index contributed by atoms with van der Waals surface area (Å²) >= 11 is 3.37. The zero-order chi connectivity index (χ0) is 73.5.